The van der Waals surface area contributed by atoms with Crippen molar-refractivity contribution in [3.63, 3.8) is 0 Å². The summed E-state index contributed by atoms with van der Waals surface area (Å²) in [6.45, 7) is 5.70. The Morgan fingerprint density at radius 1 is 1.28 bits per heavy atom. The number of methoxy groups -OCH3 is 1. The maximum atomic E-state index is 13.3. The third-order valence-electron chi connectivity index (χ3n) is 4.93. The number of fused-ring (bicyclic) bond motifs is 1. The first-order chi connectivity index (χ1) is 14.0. The summed E-state index contributed by atoms with van der Waals surface area (Å²) < 4.78 is 16.1. The Balaban J connectivity index is 1.53. The van der Waals surface area contributed by atoms with Crippen LogP contribution in [0.25, 0.3) is 10.9 Å². The number of carbonyl (C=O) groups is 1. The van der Waals surface area contributed by atoms with E-state index in [2.05, 4.69) is 15.1 Å². The third kappa shape index (κ3) is 4.28. The van der Waals surface area contributed by atoms with E-state index in [4.69, 9.17) is 14.0 Å². The number of rotatable bonds is 5. The van der Waals surface area contributed by atoms with Crippen molar-refractivity contribution in [3.8, 4) is 0 Å². The number of benzene rings is 1. The Labute approximate surface area is 168 Å². The zero-order chi connectivity index (χ0) is 20.4. The minimum Gasteiger partial charge on any atom is -0.377 e. The van der Waals surface area contributed by atoms with Crippen molar-refractivity contribution in [2.45, 2.75) is 33.0 Å². The number of aryl methyl sites for hydroxylation is 2. The second-order valence-electron chi connectivity index (χ2n) is 7.32. The number of pyridine rings is 1. The first-order valence-corrected chi connectivity index (χ1v) is 9.63. The van der Waals surface area contributed by atoms with E-state index >= 15 is 0 Å². The fourth-order valence-electron chi connectivity index (χ4n) is 3.60. The molecule has 0 saturated carbocycles. The van der Waals surface area contributed by atoms with Gasteiger partial charge in [-0.05, 0) is 32.0 Å². The van der Waals surface area contributed by atoms with Gasteiger partial charge in [-0.1, -0.05) is 16.8 Å². The molecule has 0 aliphatic carbocycles. The molecule has 1 atom stereocenters. The quantitative estimate of drug-likeness (QED) is 0.654. The van der Waals surface area contributed by atoms with Gasteiger partial charge in [0.2, 0.25) is 5.89 Å². The molecule has 0 N–H and O–H groups in total. The van der Waals surface area contributed by atoms with Gasteiger partial charge in [-0.3, -0.25) is 9.78 Å². The van der Waals surface area contributed by atoms with Gasteiger partial charge < -0.3 is 18.9 Å². The third-order valence-corrected chi connectivity index (χ3v) is 4.93. The van der Waals surface area contributed by atoms with Crippen LogP contribution in [0, 0.1) is 13.8 Å². The van der Waals surface area contributed by atoms with Crippen LogP contribution in [0.1, 0.15) is 33.3 Å². The Kier molecular flexibility index (Phi) is 5.55. The lowest BCUT2D eigenvalue weighted by Gasteiger charge is -2.32. The Morgan fingerprint density at radius 3 is 2.97 bits per heavy atom. The highest BCUT2D eigenvalue weighted by Gasteiger charge is 2.28. The van der Waals surface area contributed by atoms with Crippen LogP contribution in [0.15, 0.2) is 28.8 Å². The lowest BCUT2D eigenvalue weighted by atomic mass is 10.0. The number of carbonyl (C=O) groups excluding carboxylic acids is 1. The van der Waals surface area contributed by atoms with Crippen LogP contribution in [-0.2, 0) is 22.5 Å². The normalized spacial score (nSPS) is 17.1. The minimum absolute atomic E-state index is 0.00926. The summed E-state index contributed by atoms with van der Waals surface area (Å²) in [6.07, 6.45) is 0.259. The van der Waals surface area contributed by atoms with Gasteiger partial charge in [0, 0.05) is 31.3 Å². The molecule has 0 radical (unpaired) electrons. The van der Waals surface area contributed by atoms with Crippen LogP contribution in [0.2, 0.25) is 0 Å². The van der Waals surface area contributed by atoms with Crippen molar-refractivity contribution in [1.82, 2.24) is 20.0 Å². The fourth-order valence-corrected chi connectivity index (χ4v) is 3.60. The molecule has 3 heterocycles. The molecule has 8 nitrogen and oxygen atoms in total. The van der Waals surface area contributed by atoms with Gasteiger partial charge in [-0.2, -0.15) is 4.98 Å². The van der Waals surface area contributed by atoms with Crippen LogP contribution >= 0.6 is 0 Å². The van der Waals surface area contributed by atoms with E-state index in [1.54, 1.807) is 7.11 Å². The van der Waals surface area contributed by atoms with Gasteiger partial charge >= 0.3 is 0 Å². The van der Waals surface area contributed by atoms with Gasteiger partial charge in [-0.25, -0.2) is 0 Å². The summed E-state index contributed by atoms with van der Waals surface area (Å²) in [7, 11) is 1.58. The molecule has 29 heavy (non-hydrogen) atoms. The van der Waals surface area contributed by atoms with Gasteiger partial charge in [0.25, 0.3) is 5.91 Å². The molecule has 2 aromatic heterocycles. The Hall–Kier alpha value is -2.84. The average molecular weight is 396 g/mol. The van der Waals surface area contributed by atoms with Crippen molar-refractivity contribution in [2.75, 3.05) is 26.8 Å². The highest BCUT2D eigenvalue weighted by Crippen LogP contribution is 2.23. The molecular formula is C21H24N4O4. The highest BCUT2D eigenvalue weighted by molar-refractivity contribution is 6.06. The van der Waals surface area contributed by atoms with Gasteiger partial charge in [0.15, 0.2) is 5.82 Å². The summed E-state index contributed by atoms with van der Waals surface area (Å²) in [4.78, 5) is 24.0. The van der Waals surface area contributed by atoms with E-state index in [9.17, 15) is 4.79 Å². The van der Waals surface area contributed by atoms with E-state index in [1.807, 2.05) is 43.0 Å². The standard InChI is InChI=1S/C21H24N4O4/c1-13-4-5-18-16(8-13)17(9-14(2)22-18)21(26)25-6-7-28-15(11-25)10-20-23-19(12-27-3)24-29-20/h4-5,8-9,15H,6-7,10-12H2,1-3H3/t15-/m0/s1. The molecule has 4 rings (SSSR count). The van der Waals surface area contributed by atoms with Gasteiger partial charge in [0.05, 0.1) is 30.2 Å². The zero-order valence-corrected chi connectivity index (χ0v) is 16.8. The Bertz CT molecular complexity index is 1030. The Morgan fingerprint density at radius 2 is 2.14 bits per heavy atom. The van der Waals surface area contributed by atoms with Crippen molar-refractivity contribution in [3.05, 3.63) is 52.8 Å². The SMILES string of the molecule is COCc1noc(C[C@H]2CN(C(=O)c3cc(C)nc4ccc(C)cc34)CCO2)n1. The highest BCUT2D eigenvalue weighted by atomic mass is 16.5. The summed E-state index contributed by atoms with van der Waals surface area (Å²) in [5, 5.41) is 4.75. The molecule has 3 aromatic rings. The molecule has 0 spiro atoms. The van der Waals surface area contributed by atoms with Crippen LogP contribution in [0.4, 0.5) is 0 Å². The molecular weight excluding hydrogens is 372 g/mol. The number of amides is 1. The lowest BCUT2D eigenvalue weighted by molar-refractivity contribution is -0.0236. The van der Waals surface area contributed by atoms with Crippen molar-refractivity contribution < 1.29 is 18.8 Å². The molecule has 1 aromatic carbocycles. The summed E-state index contributed by atoms with van der Waals surface area (Å²) >= 11 is 0. The largest absolute Gasteiger partial charge is 0.377 e. The average Bonchev–Trinajstić information content (AvgIpc) is 3.14. The summed E-state index contributed by atoms with van der Waals surface area (Å²) in [5.74, 6) is 0.975. The molecule has 1 aliphatic heterocycles. The van der Waals surface area contributed by atoms with Crippen LogP contribution < -0.4 is 0 Å². The second-order valence-corrected chi connectivity index (χ2v) is 7.32. The van der Waals surface area contributed by atoms with E-state index < -0.39 is 0 Å². The number of nitrogens with zero attached hydrogens (tertiary/aromatic N) is 4. The zero-order valence-electron chi connectivity index (χ0n) is 16.8. The van der Waals surface area contributed by atoms with Gasteiger partial charge in [-0.15, -0.1) is 0 Å². The summed E-state index contributed by atoms with van der Waals surface area (Å²) in [6, 6.07) is 7.85. The van der Waals surface area contributed by atoms with E-state index in [0.29, 0.717) is 50.0 Å². The van der Waals surface area contributed by atoms with Crippen molar-refractivity contribution >= 4 is 16.8 Å². The predicted octanol–water partition coefficient (Wildman–Crippen LogP) is 2.46. The summed E-state index contributed by atoms with van der Waals surface area (Å²) in [5.41, 5.74) is 3.43. The smallest absolute Gasteiger partial charge is 0.254 e. The van der Waals surface area contributed by atoms with E-state index in [-0.39, 0.29) is 12.0 Å². The van der Waals surface area contributed by atoms with Crippen LogP contribution in [-0.4, -0.2) is 58.8 Å². The number of aromatic nitrogens is 3. The van der Waals surface area contributed by atoms with E-state index in [0.717, 1.165) is 22.2 Å². The molecule has 0 unspecified atom stereocenters. The molecule has 1 saturated heterocycles. The number of ether oxygens (including phenoxy) is 2. The predicted molar refractivity (Wildman–Crippen MR) is 106 cm³/mol. The number of hydrogen-bond donors (Lipinski definition) is 0. The maximum absolute atomic E-state index is 13.3. The molecule has 1 fully saturated rings. The molecule has 1 aliphatic rings. The van der Waals surface area contributed by atoms with Crippen LogP contribution in [0.5, 0.6) is 0 Å². The number of morpholine rings is 1. The van der Waals surface area contributed by atoms with Gasteiger partial charge in [0.1, 0.15) is 6.61 Å². The fraction of sp³-hybridized carbons (Fsp3) is 0.429. The maximum Gasteiger partial charge on any atom is 0.254 e. The topological polar surface area (TPSA) is 90.6 Å². The van der Waals surface area contributed by atoms with Crippen molar-refractivity contribution in [1.29, 1.82) is 0 Å². The molecule has 0 bridgehead atoms. The first kappa shape index (κ1) is 19.5. The monoisotopic (exact) mass is 396 g/mol. The second kappa shape index (κ2) is 8.26. The molecule has 152 valence electrons. The van der Waals surface area contributed by atoms with Crippen molar-refractivity contribution in [2.24, 2.45) is 0 Å². The molecule has 8 heteroatoms. The van der Waals surface area contributed by atoms with Crippen LogP contribution in [0.3, 0.4) is 0 Å². The lowest BCUT2D eigenvalue weighted by Crippen LogP contribution is -2.46. The number of hydrogen-bond acceptors (Lipinski definition) is 7. The first-order valence-electron chi connectivity index (χ1n) is 9.63. The van der Waals surface area contributed by atoms with E-state index in [1.165, 1.54) is 0 Å². The molecule has 1 amide bonds. The minimum atomic E-state index is -0.195.